The van der Waals surface area contributed by atoms with Crippen molar-refractivity contribution in [3.63, 3.8) is 0 Å². The maximum Gasteiger partial charge on any atom is 0.340 e. The van der Waals surface area contributed by atoms with Crippen molar-refractivity contribution in [3.8, 4) is 0 Å². The molecule has 0 spiro atoms. The van der Waals surface area contributed by atoms with E-state index in [0.717, 1.165) is 20.9 Å². The Morgan fingerprint density at radius 1 is 1.14 bits per heavy atom. The first-order chi connectivity index (χ1) is 10.2. The molecule has 0 atom stereocenters. The van der Waals surface area contributed by atoms with Crippen LogP contribution in [0.1, 0.15) is 15.9 Å². The summed E-state index contributed by atoms with van der Waals surface area (Å²) in [5.41, 5.74) is 2.57. The summed E-state index contributed by atoms with van der Waals surface area (Å²) in [5.74, 6) is -0.303. The summed E-state index contributed by atoms with van der Waals surface area (Å²) in [6.07, 6.45) is 1.81. The molecule has 0 N–H and O–H groups in total. The second-order valence-corrected chi connectivity index (χ2v) is 5.69. The molecular formula is C17H14BrNO2. The molecule has 0 saturated carbocycles. The van der Waals surface area contributed by atoms with Gasteiger partial charge < -0.3 is 9.30 Å². The molecule has 0 fully saturated rings. The van der Waals surface area contributed by atoms with Gasteiger partial charge in [-0.1, -0.05) is 52.3 Å². The van der Waals surface area contributed by atoms with E-state index in [0.29, 0.717) is 5.56 Å². The lowest BCUT2D eigenvalue weighted by atomic mass is 10.2. The van der Waals surface area contributed by atoms with E-state index >= 15 is 0 Å². The Hall–Kier alpha value is -2.07. The summed E-state index contributed by atoms with van der Waals surface area (Å²) in [7, 11) is 1.92. The van der Waals surface area contributed by atoms with Crippen molar-refractivity contribution < 1.29 is 9.53 Å². The quantitative estimate of drug-likeness (QED) is 0.664. The zero-order chi connectivity index (χ0) is 14.8. The zero-order valence-corrected chi connectivity index (χ0v) is 13.1. The number of para-hydroxylation sites is 1. The van der Waals surface area contributed by atoms with E-state index in [9.17, 15) is 4.79 Å². The average Bonchev–Trinajstić information content (AvgIpc) is 2.84. The number of rotatable bonds is 3. The lowest BCUT2D eigenvalue weighted by molar-refractivity contribution is 0.0474. The molecule has 0 aliphatic heterocycles. The number of benzene rings is 2. The number of aromatic nitrogens is 1. The number of hydrogen-bond donors (Lipinski definition) is 0. The van der Waals surface area contributed by atoms with Crippen molar-refractivity contribution in [1.29, 1.82) is 0 Å². The number of ether oxygens (including phenoxy) is 1. The topological polar surface area (TPSA) is 31.2 Å². The highest BCUT2D eigenvalue weighted by Crippen LogP contribution is 2.22. The summed E-state index contributed by atoms with van der Waals surface area (Å²) in [6.45, 7) is 0.253. The van der Waals surface area contributed by atoms with Crippen molar-refractivity contribution in [2.45, 2.75) is 6.61 Å². The van der Waals surface area contributed by atoms with Crippen molar-refractivity contribution in [2.24, 2.45) is 7.05 Å². The van der Waals surface area contributed by atoms with Crippen LogP contribution in [-0.4, -0.2) is 10.5 Å². The van der Waals surface area contributed by atoms with Crippen LogP contribution in [0.2, 0.25) is 0 Å². The molecule has 1 heterocycles. The normalized spacial score (nSPS) is 10.8. The zero-order valence-electron chi connectivity index (χ0n) is 11.5. The number of carbonyl (C=O) groups is 1. The summed E-state index contributed by atoms with van der Waals surface area (Å²) in [6, 6.07) is 15.5. The van der Waals surface area contributed by atoms with Crippen LogP contribution in [0.3, 0.4) is 0 Å². The van der Waals surface area contributed by atoms with Crippen molar-refractivity contribution in [2.75, 3.05) is 0 Å². The highest BCUT2D eigenvalue weighted by Gasteiger charge is 2.15. The molecule has 21 heavy (non-hydrogen) atoms. The van der Waals surface area contributed by atoms with Crippen molar-refractivity contribution in [1.82, 2.24) is 4.57 Å². The Labute approximate surface area is 131 Å². The maximum absolute atomic E-state index is 12.3. The third kappa shape index (κ3) is 2.72. The van der Waals surface area contributed by atoms with Gasteiger partial charge in [-0.3, -0.25) is 0 Å². The Morgan fingerprint density at radius 3 is 2.67 bits per heavy atom. The first-order valence-corrected chi connectivity index (χ1v) is 7.40. The number of nitrogens with zero attached hydrogens (tertiary/aromatic N) is 1. The Balaban J connectivity index is 1.83. The fourth-order valence-corrected chi connectivity index (χ4v) is 2.74. The molecule has 3 nitrogen and oxygen atoms in total. The van der Waals surface area contributed by atoms with Crippen LogP contribution >= 0.6 is 15.9 Å². The second kappa shape index (κ2) is 5.74. The summed E-state index contributed by atoms with van der Waals surface area (Å²) < 4.78 is 8.31. The van der Waals surface area contributed by atoms with Gasteiger partial charge in [0.05, 0.1) is 5.56 Å². The van der Waals surface area contributed by atoms with E-state index in [4.69, 9.17) is 4.74 Å². The SMILES string of the molecule is Cn1cc(C(=O)OCc2ccccc2Br)c2ccccc21. The van der Waals surface area contributed by atoms with Gasteiger partial charge in [-0.15, -0.1) is 0 Å². The monoisotopic (exact) mass is 343 g/mol. The van der Waals surface area contributed by atoms with Crippen LogP contribution in [0.5, 0.6) is 0 Å². The van der Waals surface area contributed by atoms with E-state index in [2.05, 4.69) is 15.9 Å². The van der Waals surface area contributed by atoms with Gasteiger partial charge in [-0.2, -0.15) is 0 Å². The number of carbonyl (C=O) groups excluding carboxylic acids is 1. The van der Waals surface area contributed by atoms with Gasteiger partial charge >= 0.3 is 5.97 Å². The standard InChI is InChI=1S/C17H14BrNO2/c1-19-10-14(13-7-3-5-9-16(13)19)17(20)21-11-12-6-2-4-8-15(12)18/h2-10H,11H2,1H3. The molecule has 0 radical (unpaired) electrons. The van der Waals surface area contributed by atoms with Crippen LogP contribution in [0, 0.1) is 0 Å². The van der Waals surface area contributed by atoms with E-state index in [-0.39, 0.29) is 12.6 Å². The van der Waals surface area contributed by atoms with Gasteiger partial charge in [0.2, 0.25) is 0 Å². The minimum Gasteiger partial charge on any atom is -0.457 e. The molecule has 0 amide bonds. The number of fused-ring (bicyclic) bond motifs is 1. The summed E-state index contributed by atoms with van der Waals surface area (Å²) >= 11 is 3.45. The number of hydrogen-bond acceptors (Lipinski definition) is 2. The Bertz CT molecular complexity index is 807. The smallest absolute Gasteiger partial charge is 0.340 e. The number of aryl methyl sites for hydroxylation is 1. The van der Waals surface area contributed by atoms with E-state index in [1.165, 1.54) is 0 Å². The third-order valence-electron chi connectivity index (χ3n) is 3.43. The van der Waals surface area contributed by atoms with Crippen LogP contribution in [-0.2, 0) is 18.4 Å². The molecule has 3 aromatic rings. The van der Waals surface area contributed by atoms with Crippen LogP contribution < -0.4 is 0 Å². The Kier molecular flexibility index (Phi) is 3.80. The van der Waals surface area contributed by atoms with Crippen LogP contribution in [0.15, 0.2) is 59.2 Å². The summed E-state index contributed by atoms with van der Waals surface area (Å²) in [5, 5.41) is 0.914. The van der Waals surface area contributed by atoms with Gasteiger partial charge in [-0.25, -0.2) is 4.79 Å². The summed E-state index contributed by atoms with van der Waals surface area (Å²) in [4.78, 5) is 12.3. The predicted octanol–water partition coefficient (Wildman–Crippen LogP) is 4.30. The van der Waals surface area contributed by atoms with Gasteiger partial charge in [0.25, 0.3) is 0 Å². The molecular weight excluding hydrogens is 330 g/mol. The minimum atomic E-state index is -0.303. The molecule has 0 unspecified atom stereocenters. The first kappa shape index (κ1) is 13.9. The molecule has 0 aliphatic carbocycles. The van der Waals surface area contributed by atoms with E-state index < -0.39 is 0 Å². The van der Waals surface area contributed by atoms with Gasteiger partial charge in [-0.05, 0) is 12.1 Å². The molecule has 3 rings (SSSR count). The van der Waals surface area contributed by atoms with Gasteiger partial charge in [0, 0.05) is 34.2 Å². The average molecular weight is 344 g/mol. The molecule has 0 bridgehead atoms. The van der Waals surface area contributed by atoms with Crippen LogP contribution in [0.4, 0.5) is 0 Å². The molecule has 106 valence electrons. The lowest BCUT2D eigenvalue weighted by Gasteiger charge is -2.06. The fraction of sp³-hybridized carbons (Fsp3) is 0.118. The Morgan fingerprint density at radius 2 is 1.86 bits per heavy atom. The maximum atomic E-state index is 12.3. The first-order valence-electron chi connectivity index (χ1n) is 6.61. The third-order valence-corrected chi connectivity index (χ3v) is 4.21. The number of esters is 1. The molecule has 2 aromatic carbocycles. The van der Waals surface area contributed by atoms with Crippen LogP contribution in [0.25, 0.3) is 10.9 Å². The lowest BCUT2D eigenvalue weighted by Crippen LogP contribution is -2.05. The minimum absolute atomic E-state index is 0.253. The van der Waals surface area contributed by atoms with E-state index in [1.807, 2.05) is 66.3 Å². The van der Waals surface area contributed by atoms with Gasteiger partial charge in [0.15, 0.2) is 0 Å². The van der Waals surface area contributed by atoms with E-state index in [1.54, 1.807) is 0 Å². The van der Waals surface area contributed by atoms with Crippen molar-refractivity contribution in [3.05, 3.63) is 70.3 Å². The molecule has 0 saturated heterocycles. The highest BCUT2D eigenvalue weighted by molar-refractivity contribution is 9.10. The largest absolute Gasteiger partial charge is 0.457 e. The second-order valence-electron chi connectivity index (χ2n) is 4.84. The van der Waals surface area contributed by atoms with Gasteiger partial charge in [0.1, 0.15) is 6.61 Å². The fourth-order valence-electron chi connectivity index (χ4n) is 2.34. The predicted molar refractivity (Wildman–Crippen MR) is 86.2 cm³/mol. The molecule has 1 aromatic heterocycles. The number of halogens is 1. The van der Waals surface area contributed by atoms with Crippen molar-refractivity contribution >= 4 is 32.8 Å². The molecule has 0 aliphatic rings. The highest BCUT2D eigenvalue weighted by atomic mass is 79.9. The molecule has 4 heteroatoms.